The highest BCUT2D eigenvalue weighted by Crippen LogP contribution is 2.36. The van der Waals surface area contributed by atoms with Crippen molar-refractivity contribution in [1.29, 1.82) is 0 Å². The zero-order valence-corrected chi connectivity index (χ0v) is 10.8. The van der Waals surface area contributed by atoms with Gasteiger partial charge in [-0.05, 0) is 36.2 Å². The average molecular weight is 247 g/mol. The Labute approximate surface area is 105 Å². The van der Waals surface area contributed by atoms with Gasteiger partial charge in [-0.1, -0.05) is 13.0 Å². The highest BCUT2D eigenvalue weighted by atomic mass is 32.1. The molecular weight excluding hydrogens is 230 g/mol. The van der Waals surface area contributed by atoms with Crippen molar-refractivity contribution in [2.24, 2.45) is 11.8 Å². The van der Waals surface area contributed by atoms with Crippen molar-refractivity contribution in [2.45, 2.75) is 19.9 Å². The first-order chi connectivity index (χ1) is 8.34. The van der Waals surface area contributed by atoms with Gasteiger partial charge in [0.2, 0.25) is 0 Å². The van der Waals surface area contributed by atoms with Gasteiger partial charge in [0.15, 0.2) is 0 Å². The monoisotopic (exact) mass is 247 g/mol. The van der Waals surface area contributed by atoms with E-state index in [4.69, 9.17) is 0 Å². The van der Waals surface area contributed by atoms with Gasteiger partial charge in [-0.3, -0.25) is 5.10 Å². The molecule has 90 valence electrons. The molecule has 0 saturated heterocycles. The summed E-state index contributed by atoms with van der Waals surface area (Å²) in [6.45, 7) is 4.37. The third-order valence-corrected chi connectivity index (χ3v) is 4.37. The topological polar surface area (TPSA) is 40.7 Å². The molecule has 1 saturated carbocycles. The van der Waals surface area contributed by atoms with Crippen molar-refractivity contribution in [3.05, 3.63) is 29.3 Å². The van der Waals surface area contributed by atoms with Crippen LogP contribution in [-0.2, 0) is 6.54 Å². The molecule has 17 heavy (non-hydrogen) atoms. The van der Waals surface area contributed by atoms with Crippen LogP contribution in [0.5, 0.6) is 0 Å². The van der Waals surface area contributed by atoms with E-state index in [2.05, 4.69) is 40.0 Å². The summed E-state index contributed by atoms with van der Waals surface area (Å²) in [7, 11) is 0. The Hall–Kier alpha value is -1.13. The predicted molar refractivity (Wildman–Crippen MR) is 70.9 cm³/mol. The Morgan fingerprint density at radius 3 is 3.18 bits per heavy atom. The number of hydrogen-bond donors (Lipinski definition) is 2. The molecule has 0 aliphatic heterocycles. The molecule has 2 aromatic rings. The fourth-order valence-corrected chi connectivity index (χ4v) is 2.91. The molecule has 0 aromatic carbocycles. The van der Waals surface area contributed by atoms with Gasteiger partial charge in [-0.2, -0.15) is 5.10 Å². The summed E-state index contributed by atoms with van der Waals surface area (Å²) >= 11 is 1.75. The lowest BCUT2D eigenvalue weighted by atomic mass is 10.2. The lowest BCUT2D eigenvalue weighted by molar-refractivity contribution is 0.612. The molecule has 2 atom stereocenters. The maximum atomic E-state index is 4.15. The van der Waals surface area contributed by atoms with Gasteiger partial charge in [0, 0.05) is 12.1 Å². The second-order valence-electron chi connectivity index (χ2n) is 4.85. The quantitative estimate of drug-likeness (QED) is 0.853. The molecule has 0 bridgehead atoms. The van der Waals surface area contributed by atoms with Crippen LogP contribution in [0.3, 0.4) is 0 Å². The van der Waals surface area contributed by atoms with E-state index in [0.717, 1.165) is 30.6 Å². The first-order valence-corrected chi connectivity index (χ1v) is 6.99. The van der Waals surface area contributed by atoms with Crippen LogP contribution >= 0.6 is 11.3 Å². The minimum Gasteiger partial charge on any atom is -0.312 e. The molecule has 3 rings (SSSR count). The molecule has 1 aliphatic rings. The van der Waals surface area contributed by atoms with Gasteiger partial charge in [0.05, 0.1) is 16.8 Å². The summed E-state index contributed by atoms with van der Waals surface area (Å²) < 4.78 is 0. The van der Waals surface area contributed by atoms with E-state index in [1.807, 2.05) is 6.20 Å². The van der Waals surface area contributed by atoms with E-state index < -0.39 is 0 Å². The normalized spacial score (nSPS) is 22.9. The molecule has 1 fully saturated rings. The van der Waals surface area contributed by atoms with Crippen molar-refractivity contribution >= 4 is 11.3 Å². The summed E-state index contributed by atoms with van der Waals surface area (Å²) in [6.07, 6.45) is 3.31. The van der Waals surface area contributed by atoms with E-state index in [-0.39, 0.29) is 0 Å². The third kappa shape index (κ3) is 2.42. The van der Waals surface area contributed by atoms with Crippen LogP contribution in [0.1, 0.15) is 18.9 Å². The lowest BCUT2D eigenvalue weighted by Crippen LogP contribution is -2.16. The SMILES string of the molecule is CC1CC1CNCc1cn[nH]c1-c1cccs1. The minimum atomic E-state index is 0.895. The molecule has 0 amide bonds. The minimum absolute atomic E-state index is 0.895. The van der Waals surface area contributed by atoms with Crippen molar-refractivity contribution in [1.82, 2.24) is 15.5 Å². The van der Waals surface area contributed by atoms with Crippen LogP contribution < -0.4 is 5.32 Å². The number of H-pyrrole nitrogens is 1. The van der Waals surface area contributed by atoms with E-state index in [0.29, 0.717) is 0 Å². The van der Waals surface area contributed by atoms with Crippen molar-refractivity contribution < 1.29 is 0 Å². The molecule has 3 nitrogen and oxygen atoms in total. The number of nitrogens with one attached hydrogen (secondary N) is 2. The molecule has 2 unspecified atom stereocenters. The van der Waals surface area contributed by atoms with E-state index >= 15 is 0 Å². The lowest BCUT2D eigenvalue weighted by Gasteiger charge is -2.03. The fourth-order valence-electron chi connectivity index (χ4n) is 2.16. The number of aromatic nitrogens is 2. The highest BCUT2D eigenvalue weighted by molar-refractivity contribution is 7.13. The number of rotatable bonds is 5. The number of thiophene rings is 1. The van der Waals surface area contributed by atoms with E-state index in [1.165, 1.54) is 16.9 Å². The number of aromatic amines is 1. The van der Waals surface area contributed by atoms with Crippen LogP contribution in [0.15, 0.2) is 23.7 Å². The third-order valence-electron chi connectivity index (χ3n) is 3.48. The molecule has 1 aliphatic carbocycles. The van der Waals surface area contributed by atoms with Crippen LogP contribution in [0.25, 0.3) is 10.6 Å². The molecular formula is C13H17N3S. The molecule has 2 aromatic heterocycles. The first kappa shape index (κ1) is 11.0. The summed E-state index contributed by atoms with van der Waals surface area (Å²) in [5.74, 6) is 1.82. The maximum Gasteiger partial charge on any atom is 0.0794 e. The second-order valence-corrected chi connectivity index (χ2v) is 5.80. The number of hydrogen-bond acceptors (Lipinski definition) is 3. The Balaban J connectivity index is 1.61. The van der Waals surface area contributed by atoms with Crippen molar-refractivity contribution in [3.63, 3.8) is 0 Å². The largest absolute Gasteiger partial charge is 0.312 e. The summed E-state index contributed by atoms with van der Waals surface area (Å²) in [4.78, 5) is 1.26. The average Bonchev–Trinajstić information content (AvgIpc) is 2.79. The molecule has 4 heteroatoms. The van der Waals surface area contributed by atoms with Crippen LogP contribution in [0.4, 0.5) is 0 Å². The van der Waals surface area contributed by atoms with Crippen LogP contribution in [-0.4, -0.2) is 16.7 Å². The zero-order chi connectivity index (χ0) is 11.7. The van der Waals surface area contributed by atoms with Crippen molar-refractivity contribution in [3.8, 4) is 10.6 Å². The fraction of sp³-hybridized carbons (Fsp3) is 0.462. The zero-order valence-electron chi connectivity index (χ0n) is 9.94. The Bertz CT molecular complexity index is 475. The van der Waals surface area contributed by atoms with Crippen LogP contribution in [0.2, 0.25) is 0 Å². The van der Waals surface area contributed by atoms with Gasteiger partial charge in [-0.25, -0.2) is 0 Å². The standard InChI is InChI=1S/C13H17N3S/c1-9-5-10(9)6-14-7-11-8-15-16-13(11)12-3-2-4-17-12/h2-4,8-10,14H,5-7H2,1H3,(H,15,16). The van der Waals surface area contributed by atoms with E-state index in [1.54, 1.807) is 11.3 Å². The Morgan fingerprint density at radius 2 is 2.47 bits per heavy atom. The molecule has 2 heterocycles. The number of nitrogens with zero attached hydrogens (tertiary/aromatic N) is 1. The Kier molecular flexibility index (Phi) is 2.99. The molecule has 2 N–H and O–H groups in total. The summed E-state index contributed by atoms with van der Waals surface area (Å²) in [6, 6.07) is 4.20. The summed E-state index contributed by atoms with van der Waals surface area (Å²) in [5.41, 5.74) is 2.43. The molecule has 0 spiro atoms. The summed E-state index contributed by atoms with van der Waals surface area (Å²) in [5, 5.41) is 12.9. The molecule has 0 radical (unpaired) electrons. The van der Waals surface area contributed by atoms with Gasteiger partial charge in [0.25, 0.3) is 0 Å². The highest BCUT2D eigenvalue weighted by Gasteiger charge is 2.31. The van der Waals surface area contributed by atoms with Crippen molar-refractivity contribution in [2.75, 3.05) is 6.54 Å². The Morgan fingerprint density at radius 1 is 1.59 bits per heavy atom. The van der Waals surface area contributed by atoms with Crippen LogP contribution in [0, 0.1) is 11.8 Å². The maximum absolute atomic E-state index is 4.15. The van der Waals surface area contributed by atoms with E-state index in [9.17, 15) is 0 Å². The van der Waals surface area contributed by atoms with Gasteiger partial charge < -0.3 is 5.32 Å². The predicted octanol–water partition coefficient (Wildman–Crippen LogP) is 2.88. The van der Waals surface area contributed by atoms with Gasteiger partial charge >= 0.3 is 0 Å². The van der Waals surface area contributed by atoms with Gasteiger partial charge in [-0.15, -0.1) is 11.3 Å². The smallest absolute Gasteiger partial charge is 0.0794 e. The van der Waals surface area contributed by atoms with Gasteiger partial charge in [0.1, 0.15) is 0 Å². The first-order valence-electron chi connectivity index (χ1n) is 6.11. The second kappa shape index (κ2) is 4.63.